The minimum atomic E-state index is -0.354. The number of hydrogen-bond acceptors (Lipinski definition) is 8. The van der Waals surface area contributed by atoms with Crippen LogP contribution in [0.4, 0.5) is 10.8 Å². The van der Waals surface area contributed by atoms with Crippen molar-refractivity contribution in [3.8, 4) is 11.5 Å². The molecule has 0 saturated carbocycles. The Kier molecular flexibility index (Phi) is 10.5. The smallest absolute Gasteiger partial charge is 0.257 e. The first-order chi connectivity index (χ1) is 19.8. The summed E-state index contributed by atoms with van der Waals surface area (Å²) in [5.74, 6) is 0.557. The maximum absolute atomic E-state index is 12.7. The van der Waals surface area contributed by atoms with Crippen molar-refractivity contribution in [2.24, 2.45) is 0 Å². The Bertz CT molecular complexity index is 1500. The normalized spacial score (nSPS) is 10.5. The van der Waals surface area contributed by atoms with Crippen molar-refractivity contribution >= 4 is 78.8 Å². The number of ether oxygens (including phenoxy) is 2. The minimum absolute atomic E-state index is 0.125. The number of anilines is 2. The van der Waals surface area contributed by atoms with Crippen LogP contribution in [0.15, 0.2) is 66.7 Å². The van der Waals surface area contributed by atoms with Gasteiger partial charge in [0.15, 0.2) is 15.4 Å². The number of fused-ring (bicyclic) bond motifs is 1. The Hall–Kier alpha value is -4.13. The molecule has 0 aliphatic rings. The molecule has 0 radical (unpaired) electrons. The zero-order valence-electron chi connectivity index (χ0n) is 22.5. The highest BCUT2D eigenvalue weighted by Gasteiger charge is 2.13. The van der Waals surface area contributed by atoms with Crippen molar-refractivity contribution in [3.63, 3.8) is 0 Å². The van der Waals surface area contributed by atoms with Gasteiger partial charge in [0, 0.05) is 16.8 Å². The van der Waals surface area contributed by atoms with Gasteiger partial charge in [-0.15, -0.1) is 0 Å². The van der Waals surface area contributed by atoms with E-state index in [2.05, 4.69) is 26.3 Å². The molecule has 0 bridgehead atoms. The number of nitrogens with zero attached hydrogens (tertiary/aromatic N) is 1. The van der Waals surface area contributed by atoms with Gasteiger partial charge in [-0.1, -0.05) is 37.3 Å². The molecular weight excluding hydrogens is 579 g/mol. The zero-order valence-corrected chi connectivity index (χ0v) is 24.9. The summed E-state index contributed by atoms with van der Waals surface area (Å²) >= 11 is 12.0. The van der Waals surface area contributed by atoms with Gasteiger partial charge in [-0.2, -0.15) is 0 Å². The second kappa shape index (κ2) is 14.5. The monoisotopic (exact) mass is 607 g/mol. The fraction of sp³-hybridized carbons (Fsp3) is 0.207. The Morgan fingerprint density at radius 3 is 1.90 bits per heavy atom. The van der Waals surface area contributed by atoms with Gasteiger partial charge in [-0.05, 0) is 91.9 Å². The number of nitrogens with one attached hydrogen (secondary N) is 4. The van der Waals surface area contributed by atoms with Crippen LogP contribution in [0.2, 0.25) is 0 Å². The van der Waals surface area contributed by atoms with Gasteiger partial charge in [0.2, 0.25) is 0 Å². The maximum Gasteiger partial charge on any atom is 0.257 e. The summed E-state index contributed by atoms with van der Waals surface area (Å²) in [5.41, 5.74) is 2.29. The Balaban J connectivity index is 1.33. The van der Waals surface area contributed by atoms with Crippen LogP contribution in [0, 0.1) is 0 Å². The molecule has 9 nitrogen and oxygen atoms in total. The second-order valence-corrected chi connectivity index (χ2v) is 10.6. The molecule has 0 unspecified atom stereocenters. The number of thiocarbonyl (C=S) groups is 2. The van der Waals surface area contributed by atoms with Gasteiger partial charge in [-0.3, -0.25) is 20.2 Å². The van der Waals surface area contributed by atoms with Gasteiger partial charge >= 0.3 is 0 Å². The number of carbonyl (C=O) groups is 2. The van der Waals surface area contributed by atoms with Crippen molar-refractivity contribution in [1.29, 1.82) is 0 Å². The summed E-state index contributed by atoms with van der Waals surface area (Å²) in [6, 6.07) is 19.3. The first-order valence-corrected chi connectivity index (χ1v) is 14.6. The van der Waals surface area contributed by atoms with Crippen LogP contribution < -0.4 is 30.7 Å². The van der Waals surface area contributed by atoms with Gasteiger partial charge in [0.05, 0.1) is 23.4 Å². The minimum Gasteiger partial charge on any atom is -0.494 e. The molecular formula is C29H29N5O4S3. The quantitative estimate of drug-likeness (QED) is 0.158. The number of hydrogen-bond donors (Lipinski definition) is 4. The lowest BCUT2D eigenvalue weighted by molar-refractivity contribution is 0.0969. The van der Waals surface area contributed by atoms with Crippen LogP contribution in [0.5, 0.6) is 11.5 Å². The van der Waals surface area contributed by atoms with E-state index < -0.39 is 0 Å². The Labute approximate surface area is 252 Å². The maximum atomic E-state index is 12.7. The summed E-state index contributed by atoms with van der Waals surface area (Å²) in [7, 11) is 0. The van der Waals surface area contributed by atoms with Crippen LogP contribution in [-0.2, 0) is 0 Å². The topological polar surface area (TPSA) is 114 Å². The van der Waals surface area contributed by atoms with Crippen LogP contribution in [0.3, 0.4) is 0 Å². The molecule has 0 spiro atoms. The highest BCUT2D eigenvalue weighted by atomic mass is 32.1. The number of carbonyl (C=O) groups excluding carboxylic acids is 2. The average Bonchev–Trinajstić information content (AvgIpc) is 3.36. The highest BCUT2D eigenvalue weighted by Crippen LogP contribution is 2.28. The Morgan fingerprint density at radius 2 is 1.34 bits per heavy atom. The molecule has 4 aromatic rings. The predicted molar refractivity (Wildman–Crippen MR) is 171 cm³/mol. The van der Waals surface area contributed by atoms with Crippen LogP contribution >= 0.6 is 35.8 Å². The van der Waals surface area contributed by atoms with E-state index in [0.29, 0.717) is 46.7 Å². The van der Waals surface area contributed by atoms with E-state index in [1.165, 1.54) is 11.3 Å². The summed E-state index contributed by atoms with van der Waals surface area (Å²) in [6.45, 7) is 5.18. The molecule has 1 heterocycles. The van der Waals surface area contributed by atoms with Crippen molar-refractivity contribution in [3.05, 3.63) is 77.9 Å². The zero-order chi connectivity index (χ0) is 29.2. The first kappa shape index (κ1) is 29.8. The average molecular weight is 608 g/mol. The fourth-order valence-electron chi connectivity index (χ4n) is 3.59. The molecule has 3 aromatic carbocycles. The van der Waals surface area contributed by atoms with E-state index in [1.54, 1.807) is 54.6 Å². The van der Waals surface area contributed by atoms with Crippen LogP contribution in [-0.4, -0.2) is 40.2 Å². The van der Waals surface area contributed by atoms with Crippen molar-refractivity contribution in [2.45, 2.75) is 26.7 Å². The molecule has 212 valence electrons. The molecule has 0 aliphatic carbocycles. The molecule has 0 atom stereocenters. The third kappa shape index (κ3) is 8.68. The van der Waals surface area contributed by atoms with Gasteiger partial charge in [0.1, 0.15) is 11.5 Å². The lowest BCUT2D eigenvalue weighted by atomic mass is 10.2. The Morgan fingerprint density at radius 1 is 0.780 bits per heavy atom. The first-order valence-electron chi connectivity index (χ1n) is 13.0. The second-order valence-electron chi connectivity index (χ2n) is 8.77. The lowest BCUT2D eigenvalue weighted by Crippen LogP contribution is -2.34. The van der Waals surface area contributed by atoms with E-state index in [4.69, 9.17) is 33.9 Å². The molecule has 0 aliphatic heterocycles. The molecule has 41 heavy (non-hydrogen) atoms. The van der Waals surface area contributed by atoms with E-state index >= 15 is 0 Å². The third-order valence-corrected chi connectivity index (χ3v) is 6.80. The number of amides is 2. The standard InChI is InChI=1S/C29H29N5O4S3/c1-3-13-37-21-9-5-7-18(15-21)25(35)32-27(39)30-20-11-12-23-24(17-20)41-29(31-23)34-28(40)33-26(36)19-8-6-10-22(16-19)38-14-4-2/h5-12,15-17H,3-4,13-14H2,1-2H3,(H2,30,32,35,39)(H2,31,33,34,36,40). The summed E-state index contributed by atoms with van der Waals surface area (Å²) in [4.78, 5) is 29.8. The number of benzene rings is 3. The summed E-state index contributed by atoms with van der Waals surface area (Å²) in [6.07, 6.45) is 1.75. The number of aromatic nitrogens is 1. The van der Waals surface area contributed by atoms with E-state index in [9.17, 15) is 9.59 Å². The van der Waals surface area contributed by atoms with Crippen LogP contribution in [0.1, 0.15) is 47.4 Å². The van der Waals surface area contributed by atoms with Crippen LogP contribution in [0.25, 0.3) is 10.2 Å². The lowest BCUT2D eigenvalue weighted by Gasteiger charge is -2.10. The highest BCUT2D eigenvalue weighted by molar-refractivity contribution is 7.80. The number of thiazole rings is 1. The van der Waals surface area contributed by atoms with Gasteiger partial charge in [0.25, 0.3) is 11.8 Å². The summed E-state index contributed by atoms with van der Waals surface area (Å²) < 4.78 is 12.0. The molecule has 0 fully saturated rings. The van der Waals surface area contributed by atoms with E-state index in [1.807, 2.05) is 26.0 Å². The molecule has 4 N–H and O–H groups in total. The van der Waals surface area contributed by atoms with Gasteiger partial charge < -0.3 is 20.1 Å². The van der Waals surface area contributed by atoms with Crippen molar-refractivity contribution < 1.29 is 19.1 Å². The molecule has 12 heteroatoms. The molecule has 4 rings (SSSR count). The number of rotatable bonds is 10. The molecule has 2 amide bonds. The van der Waals surface area contributed by atoms with Crippen molar-refractivity contribution in [1.82, 2.24) is 15.6 Å². The van der Waals surface area contributed by atoms with E-state index in [0.717, 1.165) is 23.1 Å². The third-order valence-electron chi connectivity index (χ3n) is 5.46. The SMILES string of the molecule is CCCOc1cccc(C(=O)NC(=S)Nc2ccc3nc(NC(=S)NC(=O)c4cccc(OCCC)c4)sc3c2)c1. The molecule has 0 saturated heterocycles. The van der Waals surface area contributed by atoms with Gasteiger partial charge in [-0.25, -0.2) is 4.98 Å². The fourth-order valence-corrected chi connectivity index (χ4v) is 4.97. The predicted octanol–water partition coefficient (Wildman–Crippen LogP) is 6.13. The largest absolute Gasteiger partial charge is 0.494 e. The summed E-state index contributed by atoms with van der Waals surface area (Å²) in [5, 5.41) is 12.2. The van der Waals surface area contributed by atoms with E-state index in [-0.39, 0.29) is 22.0 Å². The van der Waals surface area contributed by atoms with Crippen molar-refractivity contribution in [2.75, 3.05) is 23.8 Å². The molecule has 1 aromatic heterocycles.